The van der Waals surface area contributed by atoms with Gasteiger partial charge in [-0.15, -0.1) is 0 Å². The molecule has 4 heteroatoms. The summed E-state index contributed by atoms with van der Waals surface area (Å²) in [7, 11) is 0. The third-order valence-electron chi connectivity index (χ3n) is 4.33. The maximum atomic E-state index is 12.4. The molecule has 0 bridgehead atoms. The summed E-state index contributed by atoms with van der Waals surface area (Å²) in [4.78, 5) is 0. The monoisotopic (exact) mass is 276 g/mol. The van der Waals surface area contributed by atoms with Crippen molar-refractivity contribution in [1.29, 1.82) is 0 Å². The highest BCUT2D eigenvalue weighted by Gasteiger charge is 2.28. The summed E-state index contributed by atoms with van der Waals surface area (Å²) in [5.74, 6) is 0. The molecule has 2 nitrogen and oxygen atoms in total. The van der Waals surface area contributed by atoms with Gasteiger partial charge in [-0.2, -0.15) is 0 Å². The molecule has 0 spiro atoms. The second kappa shape index (κ2) is 9.65. The van der Waals surface area contributed by atoms with E-state index in [-0.39, 0.29) is 12.1 Å². The molecule has 1 aliphatic rings. The quantitative estimate of drug-likeness (QED) is 0.818. The van der Waals surface area contributed by atoms with Gasteiger partial charge in [-0.1, -0.05) is 57.8 Å². The average Bonchev–Trinajstić information content (AvgIpc) is 2.39. The van der Waals surface area contributed by atoms with E-state index in [0.717, 1.165) is 25.7 Å². The molecule has 0 radical (unpaired) electrons. The van der Waals surface area contributed by atoms with Crippen LogP contribution < -0.4 is 11.1 Å². The van der Waals surface area contributed by atoms with Crippen molar-refractivity contribution in [3.05, 3.63) is 0 Å². The molecule has 0 heterocycles. The van der Waals surface area contributed by atoms with Gasteiger partial charge in [0.15, 0.2) is 0 Å². The molecule has 0 saturated heterocycles. The van der Waals surface area contributed by atoms with Gasteiger partial charge in [0.1, 0.15) is 0 Å². The predicted octanol–water partition coefficient (Wildman–Crippen LogP) is 3.84. The van der Waals surface area contributed by atoms with Gasteiger partial charge in [-0.05, 0) is 12.8 Å². The SMILES string of the molecule is NCC1(NCC(F)F)CCCCCCCCCCC1. The number of rotatable bonds is 4. The zero-order chi connectivity index (χ0) is 14.0. The van der Waals surface area contributed by atoms with Crippen LogP contribution in [0.15, 0.2) is 0 Å². The smallest absolute Gasteiger partial charge is 0.250 e. The summed E-state index contributed by atoms with van der Waals surface area (Å²) in [6.45, 7) is 0.247. The number of alkyl halides is 2. The van der Waals surface area contributed by atoms with Crippen LogP contribution in [0.25, 0.3) is 0 Å². The fraction of sp³-hybridized carbons (Fsp3) is 1.00. The molecule has 0 aromatic heterocycles. The molecule has 1 saturated carbocycles. The van der Waals surface area contributed by atoms with Crippen LogP contribution >= 0.6 is 0 Å². The Hall–Kier alpha value is -0.220. The van der Waals surface area contributed by atoms with Crippen LogP contribution in [0.2, 0.25) is 0 Å². The van der Waals surface area contributed by atoms with E-state index in [4.69, 9.17) is 5.73 Å². The molecule has 0 unspecified atom stereocenters. The van der Waals surface area contributed by atoms with Crippen LogP contribution in [0.4, 0.5) is 8.78 Å². The van der Waals surface area contributed by atoms with Crippen molar-refractivity contribution in [2.45, 2.75) is 82.6 Å². The minimum absolute atomic E-state index is 0.225. The lowest BCUT2D eigenvalue weighted by molar-refractivity contribution is 0.123. The first-order valence-corrected chi connectivity index (χ1v) is 7.92. The maximum absolute atomic E-state index is 12.4. The van der Waals surface area contributed by atoms with Crippen molar-refractivity contribution in [1.82, 2.24) is 5.32 Å². The number of nitrogens with two attached hydrogens (primary N) is 1. The van der Waals surface area contributed by atoms with Crippen molar-refractivity contribution in [2.24, 2.45) is 5.73 Å². The molecular formula is C15H30F2N2. The summed E-state index contributed by atoms with van der Waals surface area (Å²) >= 11 is 0. The fourth-order valence-electron chi connectivity index (χ4n) is 3.04. The number of hydrogen-bond acceptors (Lipinski definition) is 2. The summed E-state index contributed by atoms with van der Waals surface area (Å²) in [6.07, 6.45) is 10.8. The van der Waals surface area contributed by atoms with E-state index in [1.807, 2.05) is 0 Å². The number of halogens is 2. The highest BCUT2D eigenvalue weighted by atomic mass is 19.3. The van der Waals surface area contributed by atoms with Crippen LogP contribution in [-0.2, 0) is 0 Å². The number of hydrogen-bond donors (Lipinski definition) is 2. The van der Waals surface area contributed by atoms with E-state index in [1.165, 1.54) is 44.9 Å². The Morgan fingerprint density at radius 2 is 1.26 bits per heavy atom. The van der Waals surface area contributed by atoms with Gasteiger partial charge in [-0.3, -0.25) is 0 Å². The summed E-state index contributed by atoms with van der Waals surface area (Å²) in [5, 5.41) is 3.06. The van der Waals surface area contributed by atoms with Gasteiger partial charge in [0.05, 0.1) is 6.54 Å². The van der Waals surface area contributed by atoms with Crippen LogP contribution in [0, 0.1) is 0 Å². The molecule has 0 aromatic rings. The molecule has 0 aliphatic heterocycles. The Morgan fingerprint density at radius 3 is 1.63 bits per heavy atom. The zero-order valence-electron chi connectivity index (χ0n) is 12.1. The summed E-state index contributed by atoms with van der Waals surface area (Å²) in [5.41, 5.74) is 5.64. The second-order valence-electron chi connectivity index (χ2n) is 5.94. The van der Waals surface area contributed by atoms with Crippen LogP contribution in [0.3, 0.4) is 0 Å². The highest BCUT2D eigenvalue weighted by Crippen LogP contribution is 2.24. The van der Waals surface area contributed by atoms with Crippen molar-refractivity contribution in [3.8, 4) is 0 Å². The van der Waals surface area contributed by atoms with Gasteiger partial charge >= 0.3 is 0 Å². The van der Waals surface area contributed by atoms with Gasteiger partial charge in [0.2, 0.25) is 0 Å². The van der Waals surface area contributed by atoms with Crippen molar-refractivity contribution in [3.63, 3.8) is 0 Å². The summed E-state index contributed by atoms with van der Waals surface area (Å²) in [6, 6.07) is 0. The predicted molar refractivity (Wildman–Crippen MR) is 76.6 cm³/mol. The molecule has 3 N–H and O–H groups in total. The lowest BCUT2D eigenvalue weighted by Crippen LogP contribution is -2.52. The van der Waals surface area contributed by atoms with Gasteiger partial charge < -0.3 is 11.1 Å². The van der Waals surface area contributed by atoms with E-state index in [9.17, 15) is 8.78 Å². The van der Waals surface area contributed by atoms with Crippen molar-refractivity contribution < 1.29 is 8.78 Å². The van der Waals surface area contributed by atoms with Crippen molar-refractivity contribution >= 4 is 0 Å². The highest BCUT2D eigenvalue weighted by molar-refractivity contribution is 4.89. The number of nitrogens with one attached hydrogen (secondary N) is 1. The molecule has 1 aliphatic carbocycles. The Bertz CT molecular complexity index is 210. The molecule has 0 atom stereocenters. The average molecular weight is 276 g/mol. The molecule has 0 amide bonds. The third kappa shape index (κ3) is 7.21. The molecule has 0 aromatic carbocycles. The topological polar surface area (TPSA) is 38.0 Å². The first-order chi connectivity index (χ1) is 9.18. The third-order valence-corrected chi connectivity index (χ3v) is 4.33. The standard InChI is InChI=1S/C15H30F2N2/c16-14(17)12-19-15(13-18)10-8-6-4-2-1-3-5-7-9-11-15/h14,19H,1-13,18H2. The van der Waals surface area contributed by atoms with E-state index >= 15 is 0 Å². The fourth-order valence-corrected chi connectivity index (χ4v) is 3.04. The lowest BCUT2D eigenvalue weighted by Gasteiger charge is -2.34. The van der Waals surface area contributed by atoms with E-state index in [0.29, 0.717) is 6.54 Å². The zero-order valence-corrected chi connectivity index (χ0v) is 12.1. The van der Waals surface area contributed by atoms with Gasteiger partial charge in [0.25, 0.3) is 6.43 Å². The summed E-state index contributed by atoms with van der Waals surface area (Å²) < 4.78 is 24.9. The lowest BCUT2D eigenvalue weighted by atomic mass is 9.85. The van der Waals surface area contributed by atoms with E-state index in [1.54, 1.807) is 0 Å². The van der Waals surface area contributed by atoms with Crippen molar-refractivity contribution in [2.75, 3.05) is 13.1 Å². The first-order valence-electron chi connectivity index (χ1n) is 7.92. The minimum atomic E-state index is -2.29. The van der Waals surface area contributed by atoms with Crippen LogP contribution in [-0.4, -0.2) is 25.1 Å². The maximum Gasteiger partial charge on any atom is 0.250 e. The molecular weight excluding hydrogens is 246 g/mol. The second-order valence-corrected chi connectivity index (χ2v) is 5.94. The molecule has 1 rings (SSSR count). The van der Waals surface area contributed by atoms with E-state index < -0.39 is 6.43 Å². The molecule has 114 valence electrons. The van der Waals surface area contributed by atoms with Gasteiger partial charge in [0, 0.05) is 12.1 Å². The van der Waals surface area contributed by atoms with E-state index in [2.05, 4.69) is 5.32 Å². The normalized spacial score (nSPS) is 22.7. The Morgan fingerprint density at radius 1 is 0.842 bits per heavy atom. The molecule has 19 heavy (non-hydrogen) atoms. The largest absolute Gasteiger partial charge is 0.329 e. The molecule has 1 fully saturated rings. The van der Waals surface area contributed by atoms with Crippen LogP contribution in [0.5, 0.6) is 0 Å². The Labute approximate surface area is 116 Å². The van der Waals surface area contributed by atoms with Gasteiger partial charge in [-0.25, -0.2) is 8.78 Å². The van der Waals surface area contributed by atoms with Crippen LogP contribution in [0.1, 0.15) is 70.6 Å². The Balaban J connectivity index is 2.50. The Kier molecular flexibility index (Phi) is 8.55. The minimum Gasteiger partial charge on any atom is -0.329 e. The first kappa shape index (κ1) is 16.8.